The van der Waals surface area contributed by atoms with Gasteiger partial charge >= 0.3 is 125 Å². The van der Waals surface area contributed by atoms with E-state index >= 15 is 0 Å². The first-order valence-corrected chi connectivity index (χ1v) is 8.09. The maximum atomic E-state index is 9.04. The monoisotopic (exact) mass is 377 g/mol. The van der Waals surface area contributed by atoms with Crippen LogP contribution in [0.25, 0.3) is 16.9 Å². The van der Waals surface area contributed by atoms with Gasteiger partial charge in [0.05, 0.1) is 0 Å². The zero-order valence-electron chi connectivity index (χ0n) is 9.75. The summed E-state index contributed by atoms with van der Waals surface area (Å²) in [5.74, 6) is 0. The Morgan fingerprint density at radius 1 is 1.16 bits per heavy atom. The zero-order chi connectivity index (χ0) is 13.2. The van der Waals surface area contributed by atoms with Crippen LogP contribution in [0.3, 0.4) is 0 Å². The third kappa shape index (κ3) is 2.31. The van der Waals surface area contributed by atoms with E-state index in [1.807, 2.05) is 53.1 Å². The van der Waals surface area contributed by atoms with Crippen molar-refractivity contribution in [3.63, 3.8) is 0 Å². The van der Waals surface area contributed by atoms with Crippen molar-refractivity contribution in [2.45, 2.75) is 0 Å². The summed E-state index contributed by atoms with van der Waals surface area (Å²) < 4.78 is 4.03. The van der Waals surface area contributed by atoms with Gasteiger partial charge in [0, 0.05) is 0 Å². The molecule has 0 aliphatic carbocycles. The number of imidazole rings is 1. The predicted octanol–water partition coefficient (Wildman–Crippen LogP) is 2.57. The van der Waals surface area contributed by atoms with Crippen LogP contribution in [0.2, 0.25) is 0 Å². The Morgan fingerprint density at radius 2 is 1.95 bits per heavy atom. The number of rotatable bonds is 2. The molecule has 3 aromatic rings. The van der Waals surface area contributed by atoms with E-state index < -0.39 is 0 Å². The molecule has 5 heteroatoms. The first kappa shape index (κ1) is 12.4. The Hall–Kier alpha value is -1.60. The molecule has 2 heterocycles. The average Bonchev–Trinajstić information content (AvgIpc) is 2.79. The number of pyridine rings is 1. The number of hydrogen-bond donors (Lipinski definition) is 0. The number of nitrogens with zero attached hydrogens (tertiary/aromatic N) is 3. The van der Waals surface area contributed by atoms with E-state index in [0.29, 0.717) is 0 Å². The summed E-state index contributed by atoms with van der Waals surface area (Å²) in [5.41, 5.74) is 2.83. The molecule has 0 aliphatic rings. The molecule has 92 valence electrons. The summed E-state index contributed by atoms with van der Waals surface area (Å²) in [5, 5.41) is 9.04. The molecule has 0 fully saturated rings. The molecule has 0 spiro atoms. The summed E-state index contributed by atoms with van der Waals surface area (Å²) >= 11 is 3.18. The molecule has 0 unspecified atom stereocenters. The molecular formula is C14H8BrN3Se. The molecule has 0 aliphatic heterocycles. The van der Waals surface area contributed by atoms with Crippen LogP contribution >= 0.6 is 15.9 Å². The molecule has 0 amide bonds. The normalized spacial score (nSPS) is 10.5. The molecule has 0 bridgehead atoms. The van der Waals surface area contributed by atoms with Crippen LogP contribution in [0.1, 0.15) is 0 Å². The molecule has 0 saturated carbocycles. The molecule has 3 nitrogen and oxygen atoms in total. The van der Waals surface area contributed by atoms with E-state index in [9.17, 15) is 0 Å². The van der Waals surface area contributed by atoms with E-state index in [1.165, 1.54) is 0 Å². The van der Waals surface area contributed by atoms with Crippen molar-refractivity contribution in [2.24, 2.45) is 0 Å². The van der Waals surface area contributed by atoms with Gasteiger partial charge in [-0.05, 0) is 0 Å². The first-order chi connectivity index (χ1) is 9.29. The Balaban J connectivity index is 2.25. The number of aromatic nitrogens is 2. The van der Waals surface area contributed by atoms with Crippen LogP contribution in [-0.4, -0.2) is 24.3 Å². The van der Waals surface area contributed by atoms with Gasteiger partial charge in [0.2, 0.25) is 0 Å². The van der Waals surface area contributed by atoms with Crippen molar-refractivity contribution >= 4 is 41.1 Å². The molecule has 1 aromatic carbocycles. The maximum absolute atomic E-state index is 9.04. The Bertz CT molecular complexity index is 771. The van der Waals surface area contributed by atoms with Gasteiger partial charge in [-0.1, -0.05) is 0 Å². The number of benzene rings is 1. The quantitative estimate of drug-likeness (QED) is 0.645. The zero-order valence-corrected chi connectivity index (χ0v) is 13.0. The molecule has 3 rings (SSSR count). The van der Waals surface area contributed by atoms with Gasteiger partial charge in [-0.3, -0.25) is 0 Å². The molecule has 0 radical (unpaired) electrons. The molecular weight excluding hydrogens is 369 g/mol. The SMILES string of the molecule is N#C[Se]c1c(-c2ccc(Br)cc2)nc2ccccn12. The standard InChI is InChI=1S/C14H8BrN3Se/c15-11-6-4-10(5-7-11)13-14(19-9-16)18-8-2-1-3-12(18)17-13/h1-8H. The topological polar surface area (TPSA) is 41.1 Å². The van der Waals surface area contributed by atoms with E-state index in [2.05, 4.69) is 25.9 Å². The van der Waals surface area contributed by atoms with Crippen LogP contribution in [-0.2, 0) is 0 Å². The number of hydrogen-bond acceptors (Lipinski definition) is 2. The van der Waals surface area contributed by atoms with Crippen molar-refractivity contribution in [3.8, 4) is 16.2 Å². The van der Waals surface area contributed by atoms with Crippen LogP contribution in [0.4, 0.5) is 0 Å². The van der Waals surface area contributed by atoms with E-state index in [0.717, 1.165) is 26.0 Å². The average molecular weight is 377 g/mol. The van der Waals surface area contributed by atoms with Gasteiger partial charge in [0.25, 0.3) is 0 Å². The fourth-order valence-electron chi connectivity index (χ4n) is 1.91. The van der Waals surface area contributed by atoms with Gasteiger partial charge in [-0.2, -0.15) is 0 Å². The third-order valence-electron chi connectivity index (χ3n) is 2.75. The number of halogens is 1. The summed E-state index contributed by atoms with van der Waals surface area (Å²) in [4.78, 5) is 6.92. The van der Waals surface area contributed by atoms with Crippen molar-refractivity contribution < 1.29 is 0 Å². The summed E-state index contributed by atoms with van der Waals surface area (Å²) in [6.07, 6.45) is 1.96. The third-order valence-corrected chi connectivity index (χ3v) is 4.69. The van der Waals surface area contributed by atoms with E-state index in [4.69, 9.17) is 5.26 Å². The van der Waals surface area contributed by atoms with E-state index in [1.54, 1.807) is 0 Å². The van der Waals surface area contributed by atoms with Crippen LogP contribution in [0.5, 0.6) is 0 Å². The molecule has 19 heavy (non-hydrogen) atoms. The molecule has 0 saturated heterocycles. The summed E-state index contributed by atoms with van der Waals surface area (Å²) in [6, 6.07) is 13.9. The van der Waals surface area contributed by atoms with Gasteiger partial charge in [0.15, 0.2) is 0 Å². The minimum atomic E-state index is -0.247. The fourth-order valence-corrected chi connectivity index (χ4v) is 3.43. The molecule has 0 atom stereocenters. The number of fused-ring (bicyclic) bond motifs is 1. The number of nitriles is 1. The van der Waals surface area contributed by atoms with Crippen molar-refractivity contribution in [1.29, 1.82) is 5.26 Å². The second kappa shape index (κ2) is 5.18. The van der Waals surface area contributed by atoms with Crippen LogP contribution in [0, 0.1) is 10.2 Å². The second-order valence-electron chi connectivity index (χ2n) is 3.89. The predicted molar refractivity (Wildman–Crippen MR) is 79.3 cm³/mol. The summed E-state index contributed by atoms with van der Waals surface area (Å²) in [6.45, 7) is 0. The van der Waals surface area contributed by atoms with Gasteiger partial charge in [0.1, 0.15) is 0 Å². The molecule has 2 aromatic heterocycles. The Morgan fingerprint density at radius 3 is 2.68 bits per heavy atom. The fraction of sp³-hybridized carbons (Fsp3) is 0. The van der Waals surface area contributed by atoms with Crippen molar-refractivity contribution in [1.82, 2.24) is 9.38 Å². The van der Waals surface area contributed by atoms with Crippen molar-refractivity contribution in [3.05, 3.63) is 53.1 Å². The van der Waals surface area contributed by atoms with Crippen LogP contribution in [0.15, 0.2) is 53.1 Å². The second-order valence-corrected chi connectivity index (χ2v) is 6.43. The van der Waals surface area contributed by atoms with Crippen LogP contribution < -0.4 is 4.59 Å². The van der Waals surface area contributed by atoms with Gasteiger partial charge in [-0.25, -0.2) is 0 Å². The summed E-state index contributed by atoms with van der Waals surface area (Å²) in [7, 11) is 0. The van der Waals surface area contributed by atoms with E-state index in [-0.39, 0.29) is 15.0 Å². The first-order valence-electron chi connectivity index (χ1n) is 5.58. The van der Waals surface area contributed by atoms with Gasteiger partial charge < -0.3 is 0 Å². The Labute approximate surface area is 125 Å². The molecule has 0 N–H and O–H groups in total. The minimum absolute atomic E-state index is 0.247. The van der Waals surface area contributed by atoms with Crippen molar-refractivity contribution in [2.75, 3.05) is 0 Å². The van der Waals surface area contributed by atoms with Gasteiger partial charge in [-0.15, -0.1) is 0 Å². The Kier molecular flexibility index (Phi) is 3.39.